The third-order valence-electron chi connectivity index (χ3n) is 3.01. The lowest BCUT2D eigenvalue weighted by Crippen LogP contribution is -1.95. The molecule has 0 amide bonds. The summed E-state index contributed by atoms with van der Waals surface area (Å²) in [6, 6.07) is 10.4. The van der Waals surface area contributed by atoms with Crippen LogP contribution >= 0.6 is 0 Å². The van der Waals surface area contributed by atoms with Gasteiger partial charge in [-0.15, -0.1) is 0 Å². The van der Waals surface area contributed by atoms with Crippen LogP contribution in [0, 0.1) is 6.92 Å². The van der Waals surface area contributed by atoms with Crippen molar-refractivity contribution in [2.75, 3.05) is 0 Å². The Morgan fingerprint density at radius 3 is 2.32 bits per heavy atom. The lowest BCUT2D eigenvalue weighted by molar-refractivity contribution is 1.10. The highest BCUT2D eigenvalue weighted by Crippen LogP contribution is 2.19. The minimum Gasteiger partial charge on any atom is -0.253 e. The molecule has 0 fully saturated rings. The Morgan fingerprint density at radius 1 is 1.09 bits per heavy atom. The molecular formula is C21H29N. The number of benzene rings is 1. The van der Waals surface area contributed by atoms with Crippen molar-refractivity contribution in [1.82, 2.24) is 4.98 Å². The first-order valence-corrected chi connectivity index (χ1v) is 8.04. The largest absolute Gasteiger partial charge is 0.253 e. The molecule has 0 atom stereocenters. The normalized spacial score (nSPS) is 9.95. The van der Waals surface area contributed by atoms with Crippen molar-refractivity contribution in [3.63, 3.8) is 0 Å². The van der Waals surface area contributed by atoms with Crippen molar-refractivity contribution in [2.24, 2.45) is 0 Å². The van der Waals surface area contributed by atoms with Gasteiger partial charge in [0.15, 0.2) is 0 Å². The molecule has 2 rings (SSSR count). The third-order valence-corrected chi connectivity index (χ3v) is 3.01. The average molecular weight is 295 g/mol. The summed E-state index contributed by atoms with van der Waals surface area (Å²) in [6.45, 7) is 17.6. The van der Waals surface area contributed by atoms with Crippen LogP contribution in [0.4, 0.5) is 0 Å². The molecule has 0 N–H and O–H groups in total. The van der Waals surface area contributed by atoms with Crippen LogP contribution in [0.15, 0.2) is 67.3 Å². The van der Waals surface area contributed by atoms with Crippen LogP contribution in [0.5, 0.6) is 0 Å². The van der Waals surface area contributed by atoms with Crippen LogP contribution in [0.1, 0.15) is 39.0 Å². The summed E-state index contributed by atoms with van der Waals surface area (Å²) in [5, 5.41) is 1.18. The molecule has 1 aromatic heterocycles. The van der Waals surface area contributed by atoms with Gasteiger partial charge in [-0.3, -0.25) is 4.98 Å². The van der Waals surface area contributed by atoms with E-state index in [1.807, 2.05) is 58.0 Å². The number of pyridine rings is 1. The van der Waals surface area contributed by atoms with Crippen molar-refractivity contribution in [2.45, 2.75) is 41.0 Å². The Balaban J connectivity index is 0.00000102. The summed E-state index contributed by atoms with van der Waals surface area (Å²) in [7, 11) is 0. The van der Waals surface area contributed by atoms with Crippen LogP contribution in [0.2, 0.25) is 0 Å². The summed E-state index contributed by atoms with van der Waals surface area (Å²) in [5.41, 5.74) is 4.52. The van der Waals surface area contributed by atoms with Crippen LogP contribution < -0.4 is 0 Å². The molecule has 1 heteroatoms. The van der Waals surface area contributed by atoms with Gasteiger partial charge in [-0.25, -0.2) is 0 Å². The van der Waals surface area contributed by atoms with Gasteiger partial charge >= 0.3 is 0 Å². The van der Waals surface area contributed by atoms with Crippen molar-refractivity contribution < 1.29 is 0 Å². The SMILES string of the molecule is C=C/C=C(\C=C)Cc1cc2ccccc2nc1C.CC.CC. The topological polar surface area (TPSA) is 12.9 Å². The van der Waals surface area contributed by atoms with Gasteiger partial charge in [0, 0.05) is 11.1 Å². The number of aryl methyl sites for hydroxylation is 1. The molecule has 1 aromatic carbocycles. The molecule has 0 aliphatic rings. The van der Waals surface area contributed by atoms with E-state index in [1.54, 1.807) is 6.08 Å². The molecule has 22 heavy (non-hydrogen) atoms. The molecule has 0 saturated heterocycles. The molecule has 0 spiro atoms. The number of nitrogens with zero attached hydrogens (tertiary/aromatic N) is 1. The fraction of sp³-hybridized carbons (Fsp3) is 0.286. The van der Waals surface area contributed by atoms with Gasteiger partial charge in [0.25, 0.3) is 0 Å². The number of allylic oxidation sites excluding steroid dienone is 4. The van der Waals surface area contributed by atoms with Crippen LogP contribution in [0.3, 0.4) is 0 Å². The van der Waals surface area contributed by atoms with E-state index in [1.165, 1.54) is 10.9 Å². The molecular weight excluding hydrogens is 266 g/mol. The predicted octanol–water partition coefficient (Wildman–Crippen LogP) is 6.44. The summed E-state index contributed by atoms with van der Waals surface area (Å²) in [5.74, 6) is 0. The molecule has 118 valence electrons. The van der Waals surface area contributed by atoms with Gasteiger partial charge in [0.05, 0.1) is 5.52 Å². The minimum atomic E-state index is 0.846. The minimum absolute atomic E-state index is 0.846. The highest BCUT2D eigenvalue weighted by atomic mass is 14.7. The standard InChI is InChI=1S/C17H17N.2C2H6/c1-4-8-14(5-2)11-16-12-15-9-6-7-10-17(15)18-13(16)3;2*1-2/h4-10,12H,1-2,11H2,3H3;2*1-2H3/b14-8+;;. The quantitative estimate of drug-likeness (QED) is 0.592. The molecule has 0 aliphatic heterocycles. The lowest BCUT2D eigenvalue weighted by atomic mass is 10.0. The van der Waals surface area contributed by atoms with E-state index in [2.05, 4.69) is 37.2 Å². The fourth-order valence-electron chi connectivity index (χ4n) is 2.01. The van der Waals surface area contributed by atoms with Crippen molar-refractivity contribution >= 4 is 10.9 Å². The van der Waals surface area contributed by atoms with Crippen LogP contribution in [-0.2, 0) is 6.42 Å². The van der Waals surface area contributed by atoms with Crippen LogP contribution in [-0.4, -0.2) is 4.98 Å². The monoisotopic (exact) mass is 295 g/mol. The lowest BCUT2D eigenvalue weighted by Gasteiger charge is -2.08. The Bertz CT molecular complexity index is 621. The number of hydrogen-bond donors (Lipinski definition) is 0. The second-order valence-corrected chi connectivity index (χ2v) is 4.28. The Labute approximate surface area is 136 Å². The summed E-state index contributed by atoms with van der Waals surface area (Å²) in [4.78, 5) is 4.64. The zero-order chi connectivity index (χ0) is 17.0. The van der Waals surface area contributed by atoms with E-state index in [0.29, 0.717) is 0 Å². The molecule has 1 nitrogen and oxygen atoms in total. The number of hydrogen-bond acceptors (Lipinski definition) is 1. The first-order valence-electron chi connectivity index (χ1n) is 8.04. The van der Waals surface area contributed by atoms with Crippen molar-refractivity contribution in [1.29, 1.82) is 0 Å². The average Bonchev–Trinajstić information content (AvgIpc) is 2.58. The number of rotatable bonds is 4. The smallest absolute Gasteiger partial charge is 0.0705 e. The Hall–Kier alpha value is -2.15. The molecule has 2 aromatic rings. The maximum absolute atomic E-state index is 4.64. The van der Waals surface area contributed by atoms with E-state index in [9.17, 15) is 0 Å². The van der Waals surface area contributed by atoms with Gasteiger partial charge in [0.1, 0.15) is 0 Å². The van der Waals surface area contributed by atoms with E-state index in [0.717, 1.165) is 23.2 Å². The predicted molar refractivity (Wildman–Crippen MR) is 101 cm³/mol. The maximum atomic E-state index is 4.64. The Kier molecular flexibility index (Phi) is 10.4. The first-order chi connectivity index (χ1) is 10.7. The number of aromatic nitrogens is 1. The van der Waals surface area contributed by atoms with Crippen molar-refractivity contribution in [3.8, 4) is 0 Å². The second kappa shape index (κ2) is 11.5. The second-order valence-electron chi connectivity index (χ2n) is 4.28. The summed E-state index contributed by atoms with van der Waals surface area (Å²) >= 11 is 0. The highest BCUT2D eigenvalue weighted by molar-refractivity contribution is 5.79. The van der Waals surface area contributed by atoms with E-state index < -0.39 is 0 Å². The van der Waals surface area contributed by atoms with E-state index in [-0.39, 0.29) is 0 Å². The van der Waals surface area contributed by atoms with Gasteiger partial charge < -0.3 is 0 Å². The zero-order valence-electron chi connectivity index (χ0n) is 14.7. The maximum Gasteiger partial charge on any atom is 0.0705 e. The van der Waals surface area contributed by atoms with E-state index in [4.69, 9.17) is 0 Å². The molecule has 0 radical (unpaired) electrons. The highest BCUT2D eigenvalue weighted by Gasteiger charge is 2.04. The third kappa shape index (κ3) is 5.69. The van der Waals surface area contributed by atoms with Crippen LogP contribution in [0.25, 0.3) is 10.9 Å². The molecule has 0 saturated carbocycles. The van der Waals surface area contributed by atoms with Gasteiger partial charge in [0.2, 0.25) is 0 Å². The number of fused-ring (bicyclic) bond motifs is 1. The Morgan fingerprint density at radius 2 is 1.73 bits per heavy atom. The van der Waals surface area contributed by atoms with Crippen molar-refractivity contribution in [3.05, 3.63) is 78.5 Å². The fourth-order valence-corrected chi connectivity index (χ4v) is 2.01. The van der Waals surface area contributed by atoms with E-state index >= 15 is 0 Å². The van der Waals surface area contributed by atoms with Gasteiger partial charge in [-0.1, -0.05) is 77.3 Å². The summed E-state index contributed by atoms with van der Waals surface area (Å²) < 4.78 is 0. The van der Waals surface area contributed by atoms with Gasteiger partial charge in [-0.05, 0) is 36.6 Å². The molecule has 0 bridgehead atoms. The zero-order valence-corrected chi connectivity index (χ0v) is 14.7. The first kappa shape index (κ1) is 19.9. The molecule has 0 aliphatic carbocycles. The molecule has 0 unspecified atom stereocenters. The number of para-hydroxylation sites is 1. The summed E-state index contributed by atoms with van der Waals surface area (Å²) in [6.07, 6.45) is 6.50. The molecule has 1 heterocycles. The van der Waals surface area contributed by atoms with Gasteiger partial charge in [-0.2, -0.15) is 0 Å².